The zero-order valence-corrected chi connectivity index (χ0v) is 33.8. The van der Waals surface area contributed by atoms with Gasteiger partial charge in [0.25, 0.3) is 0 Å². The fourth-order valence-electron chi connectivity index (χ4n) is 8.37. The molecule has 4 nitrogen and oxygen atoms in total. The standard InChI is InChI=1S/C58H39N3O/c1-5-14-40(15-6-1)43-24-28-46(29-25-43)52-39-53(60-58(59-52)47-30-26-44(27-31-47)41-16-7-2-8-17-41)48-34-37-51-56(38-48)62-55-23-13-22-54(57(51)55)61(49-20-11-4-12-21-49)50-35-32-45(33-36-50)42-18-9-3-10-19-42/h1-39H. The molecule has 0 atom stereocenters. The fourth-order valence-corrected chi connectivity index (χ4v) is 8.37. The number of rotatable bonds is 9. The normalized spacial score (nSPS) is 11.2. The Morgan fingerprint density at radius 1 is 0.306 bits per heavy atom. The zero-order valence-electron chi connectivity index (χ0n) is 33.8. The number of anilines is 3. The summed E-state index contributed by atoms with van der Waals surface area (Å²) in [6.07, 6.45) is 0. The molecular weight excluding hydrogens is 755 g/mol. The first-order chi connectivity index (χ1) is 30.7. The van der Waals surface area contributed by atoms with Crippen molar-refractivity contribution in [2.45, 2.75) is 0 Å². The second kappa shape index (κ2) is 16.0. The predicted octanol–water partition coefficient (Wildman–Crippen LogP) is 15.8. The number of hydrogen-bond acceptors (Lipinski definition) is 4. The Bertz CT molecular complexity index is 3190. The van der Waals surface area contributed by atoms with E-state index in [1.807, 2.05) is 18.2 Å². The highest BCUT2D eigenvalue weighted by atomic mass is 16.3. The van der Waals surface area contributed by atoms with Crippen molar-refractivity contribution in [3.8, 4) is 67.3 Å². The molecule has 0 aliphatic rings. The molecule has 2 aromatic heterocycles. The van der Waals surface area contributed by atoms with Crippen molar-refractivity contribution in [3.05, 3.63) is 237 Å². The van der Waals surface area contributed by atoms with Crippen LogP contribution in [0.3, 0.4) is 0 Å². The summed E-state index contributed by atoms with van der Waals surface area (Å²) in [5, 5.41) is 2.08. The third-order valence-corrected chi connectivity index (χ3v) is 11.5. The lowest BCUT2D eigenvalue weighted by molar-refractivity contribution is 0.669. The van der Waals surface area contributed by atoms with E-state index in [1.54, 1.807) is 0 Å². The van der Waals surface area contributed by atoms with Crippen molar-refractivity contribution in [2.75, 3.05) is 4.90 Å². The van der Waals surface area contributed by atoms with Gasteiger partial charge in [-0.3, -0.25) is 0 Å². The summed E-state index contributed by atoms with van der Waals surface area (Å²) in [6.45, 7) is 0. The maximum absolute atomic E-state index is 6.72. The zero-order chi connectivity index (χ0) is 41.2. The summed E-state index contributed by atoms with van der Waals surface area (Å²) >= 11 is 0. The summed E-state index contributed by atoms with van der Waals surface area (Å²) in [4.78, 5) is 12.7. The molecule has 62 heavy (non-hydrogen) atoms. The third kappa shape index (κ3) is 7.10. The van der Waals surface area contributed by atoms with Crippen molar-refractivity contribution >= 4 is 39.0 Å². The molecule has 0 amide bonds. The van der Waals surface area contributed by atoms with Gasteiger partial charge in [-0.25, -0.2) is 9.97 Å². The van der Waals surface area contributed by atoms with Crippen LogP contribution in [0.4, 0.5) is 17.1 Å². The van der Waals surface area contributed by atoms with E-state index in [-0.39, 0.29) is 0 Å². The molecule has 292 valence electrons. The molecule has 11 rings (SSSR count). The molecule has 0 unspecified atom stereocenters. The van der Waals surface area contributed by atoms with Crippen LogP contribution in [-0.2, 0) is 0 Å². The Labute approximate surface area is 360 Å². The average molecular weight is 794 g/mol. The van der Waals surface area contributed by atoms with Gasteiger partial charge in [-0.1, -0.05) is 182 Å². The molecule has 0 aliphatic carbocycles. The number of fused-ring (bicyclic) bond motifs is 3. The lowest BCUT2D eigenvalue weighted by Crippen LogP contribution is -2.10. The Morgan fingerprint density at radius 3 is 1.31 bits per heavy atom. The smallest absolute Gasteiger partial charge is 0.160 e. The van der Waals surface area contributed by atoms with Crippen LogP contribution in [0.1, 0.15) is 0 Å². The van der Waals surface area contributed by atoms with E-state index in [1.165, 1.54) is 22.3 Å². The fraction of sp³-hybridized carbons (Fsp3) is 0. The number of benzene rings is 9. The Morgan fingerprint density at radius 2 is 0.742 bits per heavy atom. The number of para-hydroxylation sites is 1. The van der Waals surface area contributed by atoms with Gasteiger partial charge >= 0.3 is 0 Å². The highest BCUT2D eigenvalue weighted by molar-refractivity contribution is 6.14. The van der Waals surface area contributed by atoms with Crippen LogP contribution in [0.15, 0.2) is 241 Å². The molecule has 0 radical (unpaired) electrons. The monoisotopic (exact) mass is 793 g/mol. The predicted molar refractivity (Wildman–Crippen MR) is 257 cm³/mol. The van der Waals surface area contributed by atoms with E-state index in [0.717, 1.165) is 78.2 Å². The number of furan rings is 1. The minimum atomic E-state index is 0.660. The van der Waals surface area contributed by atoms with Crippen LogP contribution in [0, 0.1) is 0 Å². The maximum Gasteiger partial charge on any atom is 0.160 e. The lowest BCUT2D eigenvalue weighted by atomic mass is 10.0. The molecule has 0 spiro atoms. The van der Waals surface area contributed by atoms with E-state index in [0.29, 0.717) is 5.82 Å². The third-order valence-electron chi connectivity index (χ3n) is 11.5. The summed E-state index contributed by atoms with van der Waals surface area (Å²) in [7, 11) is 0. The van der Waals surface area contributed by atoms with Crippen molar-refractivity contribution in [1.82, 2.24) is 9.97 Å². The van der Waals surface area contributed by atoms with Gasteiger partial charge in [-0.05, 0) is 88.0 Å². The van der Waals surface area contributed by atoms with Crippen LogP contribution >= 0.6 is 0 Å². The molecule has 9 aromatic carbocycles. The van der Waals surface area contributed by atoms with Crippen LogP contribution < -0.4 is 4.90 Å². The van der Waals surface area contributed by atoms with Gasteiger partial charge in [-0.15, -0.1) is 0 Å². The number of hydrogen-bond donors (Lipinski definition) is 0. The quantitative estimate of drug-likeness (QED) is 0.146. The van der Waals surface area contributed by atoms with Crippen LogP contribution in [0.2, 0.25) is 0 Å². The molecule has 4 heteroatoms. The SMILES string of the molecule is c1ccc(-c2ccc(-c3cc(-c4ccc5c(c4)oc4cccc(N(c6ccccc6)c6ccc(-c7ccccc7)cc6)c45)nc(-c4ccc(-c5ccccc5)cc4)n3)cc2)cc1. The van der Waals surface area contributed by atoms with E-state index in [4.69, 9.17) is 14.4 Å². The topological polar surface area (TPSA) is 42.2 Å². The molecular formula is C58H39N3O. The van der Waals surface area contributed by atoms with Gasteiger partial charge in [0.1, 0.15) is 11.2 Å². The number of aromatic nitrogens is 2. The van der Waals surface area contributed by atoms with Gasteiger partial charge in [0.2, 0.25) is 0 Å². The second-order valence-corrected chi connectivity index (χ2v) is 15.4. The Kier molecular flexibility index (Phi) is 9.49. The molecule has 0 saturated carbocycles. The van der Waals surface area contributed by atoms with Gasteiger partial charge in [0, 0.05) is 33.5 Å². The lowest BCUT2D eigenvalue weighted by Gasteiger charge is -2.26. The first kappa shape index (κ1) is 36.7. The molecule has 0 aliphatic heterocycles. The van der Waals surface area contributed by atoms with Gasteiger partial charge in [-0.2, -0.15) is 0 Å². The molecule has 11 aromatic rings. The molecule has 0 saturated heterocycles. The molecule has 0 bridgehead atoms. The van der Waals surface area contributed by atoms with Gasteiger partial charge in [0.15, 0.2) is 5.82 Å². The van der Waals surface area contributed by atoms with Crippen LogP contribution in [0.5, 0.6) is 0 Å². The summed E-state index contributed by atoms with van der Waals surface area (Å²) in [5.74, 6) is 0.660. The summed E-state index contributed by atoms with van der Waals surface area (Å²) in [6, 6.07) is 82.6. The van der Waals surface area contributed by atoms with Crippen molar-refractivity contribution in [3.63, 3.8) is 0 Å². The highest BCUT2D eigenvalue weighted by Crippen LogP contribution is 2.44. The van der Waals surface area contributed by atoms with E-state index < -0.39 is 0 Å². The van der Waals surface area contributed by atoms with Crippen molar-refractivity contribution in [2.24, 2.45) is 0 Å². The second-order valence-electron chi connectivity index (χ2n) is 15.4. The summed E-state index contributed by atoms with van der Waals surface area (Å²) < 4.78 is 6.72. The van der Waals surface area contributed by atoms with Crippen LogP contribution in [0.25, 0.3) is 89.2 Å². The Hall–Kier alpha value is -8.34. The average Bonchev–Trinajstić information content (AvgIpc) is 3.74. The first-order valence-corrected chi connectivity index (χ1v) is 20.9. The largest absolute Gasteiger partial charge is 0.456 e. The minimum Gasteiger partial charge on any atom is -0.456 e. The number of nitrogens with zero attached hydrogens (tertiary/aromatic N) is 3. The maximum atomic E-state index is 6.72. The van der Waals surface area contributed by atoms with Crippen molar-refractivity contribution in [1.29, 1.82) is 0 Å². The van der Waals surface area contributed by atoms with E-state index >= 15 is 0 Å². The first-order valence-electron chi connectivity index (χ1n) is 20.9. The molecule has 2 heterocycles. The summed E-state index contributed by atoms with van der Waals surface area (Å²) in [5.41, 5.74) is 16.4. The van der Waals surface area contributed by atoms with Gasteiger partial charge in [0.05, 0.1) is 22.5 Å². The molecule has 0 N–H and O–H groups in total. The molecule has 0 fully saturated rings. The van der Waals surface area contributed by atoms with E-state index in [9.17, 15) is 0 Å². The van der Waals surface area contributed by atoms with Crippen molar-refractivity contribution < 1.29 is 4.42 Å². The van der Waals surface area contributed by atoms with Gasteiger partial charge < -0.3 is 9.32 Å². The van der Waals surface area contributed by atoms with Crippen LogP contribution in [-0.4, -0.2) is 9.97 Å². The minimum absolute atomic E-state index is 0.660. The van der Waals surface area contributed by atoms with E-state index in [2.05, 4.69) is 223 Å². The Balaban J connectivity index is 1.01. The highest BCUT2D eigenvalue weighted by Gasteiger charge is 2.20.